The summed E-state index contributed by atoms with van der Waals surface area (Å²) in [5.41, 5.74) is 1.04. The maximum Gasteiger partial charge on any atom is 0.138 e. The van der Waals surface area contributed by atoms with Gasteiger partial charge in [-0.2, -0.15) is 12.6 Å². The minimum absolute atomic E-state index is 0.626. The first-order valence-corrected chi connectivity index (χ1v) is 5.44. The van der Waals surface area contributed by atoms with Gasteiger partial charge in [-0.05, 0) is 25.1 Å². The molecule has 1 aromatic rings. The molecule has 0 unspecified atom stereocenters. The highest BCUT2D eigenvalue weighted by Crippen LogP contribution is 2.28. The molecule has 78 valence electrons. The maximum atomic E-state index is 6.03. The number of benzene rings is 1. The van der Waals surface area contributed by atoms with Gasteiger partial charge in [-0.15, -0.1) is 0 Å². The van der Waals surface area contributed by atoms with E-state index < -0.39 is 0 Å². The molecule has 0 aromatic heterocycles. The summed E-state index contributed by atoms with van der Waals surface area (Å²) in [6.45, 7) is 2.56. The number of thiol groups is 1. The van der Waals surface area contributed by atoms with E-state index in [2.05, 4.69) is 12.6 Å². The minimum Gasteiger partial charge on any atom is -0.492 e. The van der Waals surface area contributed by atoms with Crippen LogP contribution < -0.4 is 9.64 Å². The zero-order valence-electron chi connectivity index (χ0n) is 8.33. The van der Waals surface area contributed by atoms with E-state index in [1.54, 1.807) is 0 Å². The fraction of sp³-hybridized carbons (Fsp3) is 0.400. The lowest BCUT2D eigenvalue weighted by molar-refractivity contribution is 0.340. The predicted octanol–water partition coefficient (Wildman–Crippen LogP) is 3.06. The van der Waals surface area contributed by atoms with Gasteiger partial charge in [-0.3, -0.25) is 0 Å². The normalized spacial score (nSPS) is 10.0. The van der Waals surface area contributed by atoms with Crippen LogP contribution in [0.2, 0.25) is 5.02 Å². The molecule has 0 spiro atoms. The van der Waals surface area contributed by atoms with Gasteiger partial charge in [0.15, 0.2) is 0 Å². The lowest BCUT2D eigenvalue weighted by Gasteiger charge is -2.17. The van der Waals surface area contributed by atoms with Crippen LogP contribution >= 0.6 is 24.2 Å². The molecule has 0 radical (unpaired) electrons. The summed E-state index contributed by atoms with van der Waals surface area (Å²) in [4.78, 5) is 1.99. The highest BCUT2D eigenvalue weighted by molar-refractivity contribution is 7.80. The van der Waals surface area contributed by atoms with E-state index in [0.29, 0.717) is 17.5 Å². The van der Waals surface area contributed by atoms with Gasteiger partial charge < -0.3 is 9.64 Å². The van der Waals surface area contributed by atoms with Crippen molar-refractivity contribution in [3.63, 3.8) is 0 Å². The summed E-state index contributed by atoms with van der Waals surface area (Å²) in [6.07, 6.45) is 0. The molecule has 0 saturated heterocycles. The van der Waals surface area contributed by atoms with E-state index in [1.807, 2.05) is 37.1 Å². The Bertz CT molecular complexity index is 306. The molecule has 1 aromatic carbocycles. The smallest absolute Gasteiger partial charge is 0.138 e. The van der Waals surface area contributed by atoms with Crippen molar-refractivity contribution < 1.29 is 4.74 Å². The van der Waals surface area contributed by atoms with Crippen molar-refractivity contribution in [2.75, 3.05) is 24.4 Å². The van der Waals surface area contributed by atoms with Crippen LogP contribution in [0.3, 0.4) is 0 Å². The SMILES string of the molecule is CCOc1ccc(N(C)CS)cc1Cl. The second-order valence-corrected chi connectivity index (χ2v) is 3.58. The van der Waals surface area contributed by atoms with Crippen molar-refractivity contribution in [2.24, 2.45) is 0 Å². The number of hydrogen-bond donors (Lipinski definition) is 1. The second-order valence-electron chi connectivity index (χ2n) is 2.89. The Morgan fingerprint density at radius 2 is 2.21 bits per heavy atom. The van der Waals surface area contributed by atoms with Crippen LogP contribution in [-0.2, 0) is 0 Å². The fourth-order valence-corrected chi connectivity index (χ4v) is 1.47. The van der Waals surface area contributed by atoms with Gasteiger partial charge in [-0.1, -0.05) is 11.6 Å². The van der Waals surface area contributed by atoms with Gasteiger partial charge >= 0.3 is 0 Å². The van der Waals surface area contributed by atoms with E-state index in [4.69, 9.17) is 16.3 Å². The Labute approximate surface area is 95.2 Å². The van der Waals surface area contributed by atoms with E-state index >= 15 is 0 Å². The van der Waals surface area contributed by atoms with Gasteiger partial charge in [0, 0.05) is 12.7 Å². The average Bonchev–Trinajstić information content (AvgIpc) is 2.20. The zero-order valence-corrected chi connectivity index (χ0v) is 9.98. The van der Waals surface area contributed by atoms with Crippen molar-refractivity contribution in [1.29, 1.82) is 0 Å². The third-order valence-corrected chi connectivity index (χ3v) is 2.59. The van der Waals surface area contributed by atoms with Crippen LogP contribution in [0.15, 0.2) is 18.2 Å². The number of hydrogen-bond acceptors (Lipinski definition) is 3. The minimum atomic E-state index is 0.626. The first-order chi connectivity index (χ1) is 6.69. The van der Waals surface area contributed by atoms with Crippen LogP contribution in [0.5, 0.6) is 5.75 Å². The fourth-order valence-electron chi connectivity index (χ4n) is 1.08. The third kappa shape index (κ3) is 2.72. The lowest BCUT2D eigenvalue weighted by atomic mass is 10.3. The molecule has 2 nitrogen and oxygen atoms in total. The molecule has 0 bridgehead atoms. The molecule has 0 atom stereocenters. The summed E-state index contributed by atoms with van der Waals surface area (Å²) in [5.74, 6) is 1.38. The van der Waals surface area contributed by atoms with Gasteiger partial charge in [0.05, 0.1) is 17.5 Å². The lowest BCUT2D eigenvalue weighted by Crippen LogP contribution is -2.14. The molecule has 0 heterocycles. The van der Waals surface area contributed by atoms with E-state index in [1.165, 1.54) is 0 Å². The van der Waals surface area contributed by atoms with Gasteiger partial charge in [-0.25, -0.2) is 0 Å². The molecule has 0 aliphatic heterocycles. The number of nitrogens with zero attached hydrogens (tertiary/aromatic N) is 1. The monoisotopic (exact) mass is 231 g/mol. The summed E-state index contributed by atoms with van der Waals surface area (Å²) in [5, 5.41) is 0.637. The number of rotatable bonds is 4. The van der Waals surface area contributed by atoms with Crippen molar-refractivity contribution >= 4 is 29.9 Å². The molecular weight excluding hydrogens is 218 g/mol. The Morgan fingerprint density at radius 3 is 2.71 bits per heavy atom. The molecule has 4 heteroatoms. The van der Waals surface area contributed by atoms with E-state index in [-0.39, 0.29) is 0 Å². The largest absolute Gasteiger partial charge is 0.492 e. The average molecular weight is 232 g/mol. The van der Waals surface area contributed by atoms with E-state index in [9.17, 15) is 0 Å². The molecule has 0 amide bonds. The van der Waals surface area contributed by atoms with Crippen molar-refractivity contribution in [2.45, 2.75) is 6.92 Å². The number of ether oxygens (including phenoxy) is 1. The molecule has 0 aliphatic rings. The Hall–Kier alpha value is -0.540. The Kier molecular flexibility index (Phi) is 4.42. The van der Waals surface area contributed by atoms with Gasteiger partial charge in [0.25, 0.3) is 0 Å². The first kappa shape index (κ1) is 11.5. The summed E-state index contributed by atoms with van der Waals surface area (Å²) in [6, 6.07) is 5.72. The standard InChI is InChI=1S/C10H14ClNOS/c1-3-13-10-5-4-8(6-9(10)11)12(2)7-14/h4-6,14H,3,7H2,1-2H3. The van der Waals surface area contributed by atoms with Crippen molar-refractivity contribution in [1.82, 2.24) is 0 Å². The summed E-state index contributed by atoms with van der Waals surface area (Å²) in [7, 11) is 1.96. The molecule has 0 N–H and O–H groups in total. The second kappa shape index (κ2) is 5.37. The van der Waals surface area contributed by atoms with Crippen LogP contribution in [-0.4, -0.2) is 19.5 Å². The topological polar surface area (TPSA) is 12.5 Å². The highest BCUT2D eigenvalue weighted by Gasteiger charge is 2.04. The molecule has 1 rings (SSSR count). The molecule has 0 fully saturated rings. The Morgan fingerprint density at radius 1 is 1.50 bits per heavy atom. The zero-order chi connectivity index (χ0) is 10.6. The maximum absolute atomic E-state index is 6.03. The number of anilines is 1. The Balaban J connectivity index is 2.88. The molecule has 0 saturated carbocycles. The molecule has 14 heavy (non-hydrogen) atoms. The van der Waals surface area contributed by atoms with Crippen molar-refractivity contribution in [3.8, 4) is 5.75 Å². The van der Waals surface area contributed by atoms with Crippen LogP contribution in [0.25, 0.3) is 0 Å². The quantitative estimate of drug-likeness (QED) is 0.632. The van der Waals surface area contributed by atoms with Gasteiger partial charge in [0.2, 0.25) is 0 Å². The number of halogens is 1. The molecule has 0 aliphatic carbocycles. The van der Waals surface area contributed by atoms with E-state index in [0.717, 1.165) is 11.4 Å². The summed E-state index contributed by atoms with van der Waals surface area (Å²) < 4.78 is 5.34. The van der Waals surface area contributed by atoms with Crippen molar-refractivity contribution in [3.05, 3.63) is 23.2 Å². The predicted molar refractivity (Wildman–Crippen MR) is 64.9 cm³/mol. The summed E-state index contributed by atoms with van der Waals surface area (Å²) >= 11 is 10.2. The van der Waals surface area contributed by atoms with Gasteiger partial charge in [0.1, 0.15) is 5.75 Å². The third-order valence-electron chi connectivity index (χ3n) is 1.87. The molecular formula is C10H14ClNOS. The van der Waals surface area contributed by atoms with Crippen LogP contribution in [0.4, 0.5) is 5.69 Å². The van der Waals surface area contributed by atoms with Crippen LogP contribution in [0, 0.1) is 0 Å². The highest BCUT2D eigenvalue weighted by atomic mass is 35.5. The first-order valence-electron chi connectivity index (χ1n) is 4.43. The van der Waals surface area contributed by atoms with Crippen LogP contribution in [0.1, 0.15) is 6.92 Å².